The van der Waals surface area contributed by atoms with Crippen LogP contribution in [-0.2, 0) is 19.1 Å². The average Bonchev–Trinajstić information content (AvgIpc) is 2.72. The van der Waals surface area contributed by atoms with Crippen molar-refractivity contribution < 1.29 is 29.0 Å². The number of unbranched alkanes of at least 4 members (excludes halogenated alkanes) is 1. The maximum absolute atomic E-state index is 12.5. The van der Waals surface area contributed by atoms with E-state index in [1.165, 1.54) is 12.1 Å². The van der Waals surface area contributed by atoms with Crippen LogP contribution in [0, 0.1) is 5.92 Å². The summed E-state index contributed by atoms with van der Waals surface area (Å²) in [6.45, 7) is 3.89. The number of carbonyl (C=O) groups is 3. The first kappa shape index (κ1) is 22.9. The largest absolute Gasteiger partial charge is 0.481 e. The SMILES string of the molecule is CCCCOC(=O)c1ccc(C(c2ccccc2)C(C(=O)O)C(=O)OCC)c(N)n1. The second-order valence-electron chi connectivity index (χ2n) is 6.62. The highest BCUT2D eigenvalue weighted by molar-refractivity contribution is 5.96. The van der Waals surface area contributed by atoms with E-state index in [2.05, 4.69) is 4.98 Å². The second-order valence-corrected chi connectivity index (χ2v) is 6.62. The quantitative estimate of drug-likeness (QED) is 0.345. The van der Waals surface area contributed by atoms with Gasteiger partial charge in [0.25, 0.3) is 0 Å². The van der Waals surface area contributed by atoms with Crippen molar-refractivity contribution in [2.45, 2.75) is 32.6 Å². The van der Waals surface area contributed by atoms with Gasteiger partial charge in [-0.15, -0.1) is 0 Å². The van der Waals surface area contributed by atoms with Gasteiger partial charge in [-0.3, -0.25) is 9.59 Å². The number of rotatable bonds is 10. The Bertz CT molecular complexity index is 884. The van der Waals surface area contributed by atoms with Gasteiger partial charge >= 0.3 is 17.9 Å². The molecule has 30 heavy (non-hydrogen) atoms. The zero-order valence-electron chi connectivity index (χ0n) is 17.0. The van der Waals surface area contributed by atoms with Crippen LogP contribution < -0.4 is 5.73 Å². The Hall–Kier alpha value is -3.42. The zero-order valence-corrected chi connectivity index (χ0v) is 17.0. The number of pyridine rings is 1. The fraction of sp³-hybridized carbons (Fsp3) is 0.364. The van der Waals surface area contributed by atoms with Gasteiger partial charge in [0.05, 0.1) is 13.2 Å². The second kappa shape index (κ2) is 10.9. The molecule has 3 N–H and O–H groups in total. The van der Waals surface area contributed by atoms with Crippen molar-refractivity contribution in [3.63, 3.8) is 0 Å². The van der Waals surface area contributed by atoms with E-state index >= 15 is 0 Å². The van der Waals surface area contributed by atoms with Gasteiger partial charge in [0.15, 0.2) is 11.6 Å². The summed E-state index contributed by atoms with van der Waals surface area (Å²) in [4.78, 5) is 40.7. The van der Waals surface area contributed by atoms with Crippen molar-refractivity contribution in [2.75, 3.05) is 18.9 Å². The number of nitrogen functional groups attached to an aromatic ring is 1. The van der Waals surface area contributed by atoms with Crippen LogP contribution in [0.4, 0.5) is 5.82 Å². The monoisotopic (exact) mass is 414 g/mol. The van der Waals surface area contributed by atoms with Crippen LogP contribution in [-0.4, -0.2) is 41.2 Å². The van der Waals surface area contributed by atoms with Crippen LogP contribution in [0.2, 0.25) is 0 Å². The number of nitrogens with two attached hydrogens (primary N) is 1. The minimum atomic E-state index is -1.53. The molecule has 0 fully saturated rings. The Balaban J connectivity index is 2.47. The first-order chi connectivity index (χ1) is 14.4. The molecular formula is C22H26N2O6. The van der Waals surface area contributed by atoms with Crippen molar-refractivity contribution in [3.05, 3.63) is 59.3 Å². The Morgan fingerprint density at radius 1 is 1.07 bits per heavy atom. The third-order valence-electron chi connectivity index (χ3n) is 4.53. The number of aliphatic carboxylic acids is 1. The number of anilines is 1. The molecule has 0 aliphatic heterocycles. The number of hydrogen-bond acceptors (Lipinski definition) is 7. The summed E-state index contributed by atoms with van der Waals surface area (Å²) >= 11 is 0. The number of carboxylic acid groups (broad SMARTS) is 1. The number of ether oxygens (including phenoxy) is 2. The Labute approximate surface area is 175 Å². The van der Waals surface area contributed by atoms with Crippen LogP contribution >= 0.6 is 0 Å². The summed E-state index contributed by atoms with van der Waals surface area (Å²) in [5.41, 5.74) is 6.99. The minimum Gasteiger partial charge on any atom is -0.481 e. The van der Waals surface area contributed by atoms with Crippen molar-refractivity contribution >= 4 is 23.7 Å². The molecule has 0 saturated heterocycles. The van der Waals surface area contributed by atoms with Crippen LogP contribution in [0.25, 0.3) is 0 Å². The van der Waals surface area contributed by atoms with Gasteiger partial charge in [-0.25, -0.2) is 9.78 Å². The third-order valence-corrected chi connectivity index (χ3v) is 4.53. The number of carboxylic acids is 1. The standard InChI is InChI=1S/C22H26N2O6/c1-3-5-13-30-21(27)16-12-11-15(19(23)24-16)17(14-9-7-6-8-10-14)18(20(25)26)22(28)29-4-2/h6-12,17-18H,3-5,13H2,1-2H3,(H2,23,24)(H,25,26). The van der Waals surface area contributed by atoms with Gasteiger partial charge in [0.2, 0.25) is 0 Å². The molecule has 0 radical (unpaired) electrons. The number of aromatic nitrogens is 1. The van der Waals surface area contributed by atoms with E-state index in [9.17, 15) is 19.5 Å². The van der Waals surface area contributed by atoms with E-state index in [0.717, 1.165) is 12.8 Å². The van der Waals surface area contributed by atoms with E-state index in [1.807, 2.05) is 6.92 Å². The van der Waals surface area contributed by atoms with Gasteiger partial charge in [-0.05, 0) is 25.0 Å². The van der Waals surface area contributed by atoms with Gasteiger partial charge in [-0.2, -0.15) is 0 Å². The van der Waals surface area contributed by atoms with Gasteiger partial charge in [0, 0.05) is 11.5 Å². The predicted molar refractivity (Wildman–Crippen MR) is 110 cm³/mol. The lowest BCUT2D eigenvalue weighted by atomic mass is 9.80. The molecule has 1 aromatic carbocycles. The molecule has 8 heteroatoms. The molecular weight excluding hydrogens is 388 g/mol. The fourth-order valence-corrected chi connectivity index (χ4v) is 3.07. The van der Waals surface area contributed by atoms with Crippen LogP contribution in [0.3, 0.4) is 0 Å². The molecule has 0 spiro atoms. The lowest BCUT2D eigenvalue weighted by Crippen LogP contribution is -2.33. The molecule has 0 amide bonds. The van der Waals surface area contributed by atoms with E-state index < -0.39 is 29.7 Å². The number of benzene rings is 1. The predicted octanol–water partition coefficient (Wildman–Crippen LogP) is 3.02. The first-order valence-corrected chi connectivity index (χ1v) is 9.78. The van der Waals surface area contributed by atoms with E-state index in [4.69, 9.17) is 15.2 Å². The average molecular weight is 414 g/mol. The fourth-order valence-electron chi connectivity index (χ4n) is 3.07. The van der Waals surface area contributed by atoms with Crippen molar-refractivity contribution in [3.8, 4) is 0 Å². The highest BCUT2D eigenvalue weighted by Gasteiger charge is 2.39. The number of hydrogen-bond donors (Lipinski definition) is 2. The summed E-state index contributed by atoms with van der Waals surface area (Å²) in [6.07, 6.45) is 1.61. The Kier molecular flexibility index (Phi) is 8.34. The van der Waals surface area contributed by atoms with Crippen molar-refractivity contribution in [2.24, 2.45) is 5.92 Å². The summed E-state index contributed by atoms with van der Waals surface area (Å²) in [6, 6.07) is 11.6. The molecule has 0 bridgehead atoms. The summed E-state index contributed by atoms with van der Waals surface area (Å²) in [7, 11) is 0. The molecule has 0 saturated carbocycles. The molecule has 0 aliphatic carbocycles. The molecule has 8 nitrogen and oxygen atoms in total. The Morgan fingerprint density at radius 3 is 2.33 bits per heavy atom. The third kappa shape index (κ3) is 5.56. The molecule has 1 heterocycles. The molecule has 1 aromatic heterocycles. The molecule has 2 unspecified atom stereocenters. The van der Waals surface area contributed by atoms with Gasteiger partial charge in [-0.1, -0.05) is 49.7 Å². The number of nitrogens with zero attached hydrogens (tertiary/aromatic N) is 1. The van der Waals surface area contributed by atoms with Crippen LogP contribution in [0.5, 0.6) is 0 Å². The highest BCUT2D eigenvalue weighted by Crippen LogP contribution is 2.36. The van der Waals surface area contributed by atoms with Crippen molar-refractivity contribution in [1.29, 1.82) is 0 Å². The van der Waals surface area contributed by atoms with E-state index in [-0.39, 0.29) is 24.7 Å². The molecule has 2 atom stereocenters. The zero-order chi connectivity index (χ0) is 22.1. The normalized spacial score (nSPS) is 12.6. The van der Waals surface area contributed by atoms with Gasteiger partial charge in [0.1, 0.15) is 5.82 Å². The van der Waals surface area contributed by atoms with Crippen molar-refractivity contribution in [1.82, 2.24) is 4.98 Å². The molecule has 2 aromatic rings. The van der Waals surface area contributed by atoms with Gasteiger partial charge < -0.3 is 20.3 Å². The maximum atomic E-state index is 12.5. The molecule has 0 aliphatic rings. The van der Waals surface area contributed by atoms with E-state index in [0.29, 0.717) is 11.1 Å². The number of esters is 2. The maximum Gasteiger partial charge on any atom is 0.357 e. The minimum absolute atomic E-state index is 0.0159. The van der Waals surface area contributed by atoms with Crippen LogP contribution in [0.1, 0.15) is 54.2 Å². The highest BCUT2D eigenvalue weighted by atomic mass is 16.5. The molecule has 2 rings (SSSR count). The Morgan fingerprint density at radius 2 is 1.77 bits per heavy atom. The summed E-state index contributed by atoms with van der Waals surface area (Å²) in [5, 5.41) is 9.78. The van der Waals surface area contributed by atoms with E-state index in [1.54, 1.807) is 37.3 Å². The van der Waals surface area contributed by atoms with Crippen LogP contribution in [0.15, 0.2) is 42.5 Å². The summed E-state index contributed by atoms with van der Waals surface area (Å²) in [5.74, 6) is -5.35. The number of carbonyl (C=O) groups excluding carboxylic acids is 2. The lowest BCUT2D eigenvalue weighted by Gasteiger charge is -2.24. The molecule has 160 valence electrons. The topological polar surface area (TPSA) is 129 Å². The first-order valence-electron chi connectivity index (χ1n) is 9.78. The lowest BCUT2D eigenvalue weighted by molar-refractivity contribution is -0.159. The smallest absolute Gasteiger partial charge is 0.357 e. The summed E-state index contributed by atoms with van der Waals surface area (Å²) < 4.78 is 10.1.